The average molecular weight is 270 g/mol. The van der Waals surface area contributed by atoms with E-state index in [0.29, 0.717) is 6.04 Å². The number of rotatable bonds is 8. The Labute approximate surface area is 117 Å². The standard InChI is InChI=1S/C15H30N2O2/c1-5-17-11-6-8-13(17)12-16(4)10-7-9-15(2,3)14(18)19/h13H,5-12H2,1-4H3,(H,18,19). The van der Waals surface area contributed by atoms with Crippen molar-refractivity contribution in [2.45, 2.75) is 52.5 Å². The molecule has 0 aromatic carbocycles. The minimum atomic E-state index is -0.692. The third-order valence-corrected chi connectivity index (χ3v) is 4.35. The molecule has 0 bridgehead atoms. The van der Waals surface area contributed by atoms with Crippen molar-refractivity contribution < 1.29 is 9.90 Å². The third-order valence-electron chi connectivity index (χ3n) is 4.35. The Morgan fingerprint density at radius 3 is 2.74 bits per heavy atom. The van der Waals surface area contributed by atoms with Crippen LogP contribution < -0.4 is 0 Å². The van der Waals surface area contributed by atoms with Gasteiger partial charge in [-0.05, 0) is 66.2 Å². The van der Waals surface area contributed by atoms with Gasteiger partial charge in [-0.25, -0.2) is 0 Å². The quantitative estimate of drug-likeness (QED) is 0.735. The van der Waals surface area contributed by atoms with E-state index in [-0.39, 0.29) is 0 Å². The van der Waals surface area contributed by atoms with Gasteiger partial charge in [0.1, 0.15) is 0 Å². The van der Waals surface area contributed by atoms with E-state index in [4.69, 9.17) is 5.11 Å². The molecular weight excluding hydrogens is 240 g/mol. The SMILES string of the molecule is CCN1CCCC1CN(C)CCCC(C)(C)C(=O)O. The second kappa shape index (κ2) is 7.25. The molecule has 0 radical (unpaired) electrons. The fraction of sp³-hybridized carbons (Fsp3) is 0.933. The molecule has 1 aliphatic heterocycles. The van der Waals surface area contributed by atoms with E-state index in [1.165, 1.54) is 19.4 Å². The lowest BCUT2D eigenvalue weighted by Gasteiger charge is -2.28. The van der Waals surface area contributed by atoms with Gasteiger partial charge in [-0.3, -0.25) is 9.69 Å². The molecule has 1 atom stereocenters. The largest absolute Gasteiger partial charge is 0.481 e. The Bertz CT molecular complexity index is 292. The zero-order chi connectivity index (χ0) is 14.5. The average Bonchev–Trinajstić information content (AvgIpc) is 2.75. The van der Waals surface area contributed by atoms with Crippen molar-refractivity contribution in [2.75, 3.05) is 33.2 Å². The zero-order valence-corrected chi connectivity index (χ0v) is 13.0. The van der Waals surface area contributed by atoms with E-state index in [9.17, 15) is 4.79 Å². The predicted octanol–water partition coefficient (Wildman–Crippen LogP) is 2.29. The van der Waals surface area contributed by atoms with Crippen LogP contribution in [0, 0.1) is 5.41 Å². The van der Waals surface area contributed by atoms with Gasteiger partial charge in [-0.15, -0.1) is 0 Å². The first-order valence-corrected chi connectivity index (χ1v) is 7.53. The maximum Gasteiger partial charge on any atom is 0.309 e. The number of carboxylic acid groups (broad SMARTS) is 1. The van der Waals surface area contributed by atoms with Crippen molar-refractivity contribution in [1.29, 1.82) is 0 Å². The number of likely N-dealkylation sites (tertiary alicyclic amines) is 1. The summed E-state index contributed by atoms with van der Waals surface area (Å²) in [5.41, 5.74) is -0.594. The molecule has 0 spiro atoms. The van der Waals surface area contributed by atoms with Gasteiger partial charge < -0.3 is 10.0 Å². The van der Waals surface area contributed by atoms with Crippen LogP contribution in [0.15, 0.2) is 0 Å². The van der Waals surface area contributed by atoms with Crippen LogP contribution in [0.1, 0.15) is 46.5 Å². The maximum absolute atomic E-state index is 11.0. The predicted molar refractivity (Wildman–Crippen MR) is 78.4 cm³/mol. The number of carbonyl (C=O) groups is 1. The van der Waals surface area contributed by atoms with E-state index in [0.717, 1.165) is 32.5 Å². The van der Waals surface area contributed by atoms with Gasteiger partial charge in [0.15, 0.2) is 0 Å². The minimum Gasteiger partial charge on any atom is -0.481 e. The van der Waals surface area contributed by atoms with Crippen LogP contribution >= 0.6 is 0 Å². The summed E-state index contributed by atoms with van der Waals surface area (Å²) in [5, 5.41) is 9.08. The van der Waals surface area contributed by atoms with Gasteiger partial charge in [-0.2, -0.15) is 0 Å². The fourth-order valence-electron chi connectivity index (χ4n) is 2.87. The summed E-state index contributed by atoms with van der Waals surface area (Å²) in [6.45, 7) is 10.3. The van der Waals surface area contributed by atoms with Crippen LogP contribution in [-0.2, 0) is 4.79 Å². The Balaban J connectivity index is 2.24. The topological polar surface area (TPSA) is 43.8 Å². The van der Waals surface area contributed by atoms with Gasteiger partial charge in [0.25, 0.3) is 0 Å². The molecule has 0 aromatic heterocycles. The van der Waals surface area contributed by atoms with Crippen molar-refractivity contribution in [3.05, 3.63) is 0 Å². The van der Waals surface area contributed by atoms with Crippen molar-refractivity contribution in [2.24, 2.45) is 5.41 Å². The maximum atomic E-state index is 11.0. The summed E-state index contributed by atoms with van der Waals surface area (Å²) in [4.78, 5) is 15.9. The molecule has 0 aliphatic carbocycles. The molecule has 19 heavy (non-hydrogen) atoms. The summed E-state index contributed by atoms with van der Waals surface area (Å²) >= 11 is 0. The smallest absolute Gasteiger partial charge is 0.309 e. The lowest BCUT2D eigenvalue weighted by molar-refractivity contribution is -0.147. The molecule has 0 amide bonds. The Kier molecular flexibility index (Phi) is 6.27. The number of carboxylic acids is 1. The molecule has 4 nitrogen and oxygen atoms in total. The normalized spacial score (nSPS) is 21.2. The van der Waals surface area contributed by atoms with Crippen molar-refractivity contribution in [3.8, 4) is 0 Å². The zero-order valence-electron chi connectivity index (χ0n) is 13.0. The molecule has 1 fully saturated rings. The molecule has 0 saturated carbocycles. The molecule has 1 N–H and O–H groups in total. The van der Waals surface area contributed by atoms with Crippen LogP contribution in [0.25, 0.3) is 0 Å². The van der Waals surface area contributed by atoms with E-state index in [1.54, 1.807) is 0 Å². The molecule has 1 rings (SSSR count). The monoisotopic (exact) mass is 270 g/mol. The third kappa shape index (κ3) is 5.11. The molecule has 112 valence electrons. The van der Waals surface area contributed by atoms with Gasteiger partial charge in [0.05, 0.1) is 5.41 Å². The highest BCUT2D eigenvalue weighted by Crippen LogP contribution is 2.23. The molecular formula is C15H30N2O2. The van der Waals surface area contributed by atoms with E-state index >= 15 is 0 Å². The van der Waals surface area contributed by atoms with E-state index in [1.807, 2.05) is 13.8 Å². The molecule has 1 aliphatic rings. The summed E-state index contributed by atoms with van der Waals surface area (Å²) in [6, 6.07) is 0.697. The van der Waals surface area contributed by atoms with Crippen LogP contribution in [0.3, 0.4) is 0 Å². The lowest BCUT2D eigenvalue weighted by atomic mass is 9.88. The first-order chi connectivity index (χ1) is 8.86. The number of hydrogen-bond acceptors (Lipinski definition) is 3. The van der Waals surface area contributed by atoms with Crippen LogP contribution in [0.4, 0.5) is 0 Å². The van der Waals surface area contributed by atoms with E-state index < -0.39 is 11.4 Å². The van der Waals surface area contributed by atoms with Crippen LogP contribution in [0.5, 0.6) is 0 Å². The minimum absolute atomic E-state index is 0.594. The number of hydrogen-bond donors (Lipinski definition) is 1. The summed E-state index contributed by atoms with van der Waals surface area (Å²) in [7, 11) is 2.15. The molecule has 4 heteroatoms. The highest BCUT2D eigenvalue weighted by Gasteiger charge is 2.27. The number of nitrogens with zero attached hydrogens (tertiary/aromatic N) is 2. The van der Waals surface area contributed by atoms with Gasteiger partial charge >= 0.3 is 5.97 Å². The summed E-state index contributed by atoms with van der Waals surface area (Å²) < 4.78 is 0. The Morgan fingerprint density at radius 2 is 2.16 bits per heavy atom. The van der Waals surface area contributed by atoms with Crippen molar-refractivity contribution in [3.63, 3.8) is 0 Å². The van der Waals surface area contributed by atoms with E-state index in [2.05, 4.69) is 23.8 Å². The summed E-state index contributed by atoms with van der Waals surface area (Å²) in [5.74, 6) is -0.692. The summed E-state index contributed by atoms with van der Waals surface area (Å²) in [6.07, 6.45) is 4.32. The molecule has 0 aromatic rings. The van der Waals surface area contributed by atoms with Crippen molar-refractivity contribution in [1.82, 2.24) is 9.80 Å². The van der Waals surface area contributed by atoms with Gasteiger partial charge in [-0.1, -0.05) is 6.92 Å². The first-order valence-electron chi connectivity index (χ1n) is 7.53. The van der Waals surface area contributed by atoms with Gasteiger partial charge in [0.2, 0.25) is 0 Å². The fourth-order valence-corrected chi connectivity index (χ4v) is 2.87. The molecule has 1 saturated heterocycles. The highest BCUT2D eigenvalue weighted by molar-refractivity contribution is 5.73. The molecule has 1 unspecified atom stereocenters. The van der Waals surface area contributed by atoms with Crippen LogP contribution in [0.2, 0.25) is 0 Å². The van der Waals surface area contributed by atoms with Crippen LogP contribution in [-0.4, -0.2) is 60.1 Å². The Morgan fingerprint density at radius 1 is 1.47 bits per heavy atom. The second-order valence-electron chi connectivity index (χ2n) is 6.48. The Hall–Kier alpha value is -0.610. The lowest BCUT2D eigenvalue weighted by Crippen LogP contribution is -2.39. The van der Waals surface area contributed by atoms with Crippen molar-refractivity contribution >= 4 is 5.97 Å². The molecule has 1 heterocycles. The second-order valence-corrected chi connectivity index (χ2v) is 6.48. The number of aliphatic carboxylic acids is 1. The first kappa shape index (κ1) is 16.4. The highest BCUT2D eigenvalue weighted by atomic mass is 16.4. The van der Waals surface area contributed by atoms with Gasteiger partial charge in [0, 0.05) is 12.6 Å². The number of likely N-dealkylation sites (N-methyl/N-ethyl adjacent to an activating group) is 2.